The predicted octanol–water partition coefficient (Wildman–Crippen LogP) is 5.48. The Morgan fingerprint density at radius 3 is 2.16 bits per heavy atom. The van der Waals surface area contributed by atoms with Gasteiger partial charge in [-0.3, -0.25) is 34.3 Å². The number of imide groups is 2. The van der Waals surface area contributed by atoms with Crippen molar-refractivity contribution in [2.24, 2.45) is 0 Å². The third-order valence-electron chi connectivity index (χ3n) is 11.0. The summed E-state index contributed by atoms with van der Waals surface area (Å²) in [7, 11) is 0. The topological polar surface area (TPSA) is 126 Å². The number of carbonyl (C=O) groups excluding carboxylic acids is 4. The van der Waals surface area contributed by atoms with Crippen LogP contribution >= 0.6 is 0 Å². The molecule has 15 heteroatoms. The Kier molecular flexibility index (Phi) is 10.8. The van der Waals surface area contributed by atoms with Crippen molar-refractivity contribution < 1.29 is 41.5 Å². The number of fused-ring (bicyclic) bond motifs is 1. The van der Waals surface area contributed by atoms with Crippen LogP contribution in [0.3, 0.4) is 0 Å². The number of amides is 4. The number of anilines is 2. The Morgan fingerprint density at radius 1 is 0.818 bits per heavy atom. The summed E-state index contributed by atoms with van der Waals surface area (Å²) < 4.78 is 61.6. The number of rotatable bonds is 10. The van der Waals surface area contributed by atoms with Crippen molar-refractivity contribution in [3.8, 4) is 11.8 Å². The van der Waals surface area contributed by atoms with Gasteiger partial charge in [0, 0.05) is 51.4 Å². The van der Waals surface area contributed by atoms with Gasteiger partial charge in [0.2, 0.25) is 11.8 Å². The maximum atomic E-state index is 15.3. The van der Waals surface area contributed by atoms with Crippen LogP contribution in [0.2, 0.25) is 0 Å². The van der Waals surface area contributed by atoms with Crippen LogP contribution in [0.25, 0.3) is 0 Å². The number of nitrogens with zero attached hydrogens (tertiary/aromatic N) is 5. The van der Waals surface area contributed by atoms with E-state index in [1.165, 1.54) is 12.1 Å². The van der Waals surface area contributed by atoms with Crippen LogP contribution in [0, 0.1) is 17.1 Å². The Morgan fingerprint density at radius 2 is 1.51 bits per heavy atom. The highest BCUT2D eigenvalue weighted by Gasteiger charge is 2.45. The minimum atomic E-state index is -4.58. The van der Waals surface area contributed by atoms with Gasteiger partial charge in [-0.05, 0) is 92.6 Å². The summed E-state index contributed by atoms with van der Waals surface area (Å²) in [5, 5.41) is 11.2. The molecule has 0 aliphatic carbocycles. The quantitative estimate of drug-likeness (QED) is 0.163. The number of hydrogen-bond donors (Lipinski definition) is 1. The first-order valence-electron chi connectivity index (χ1n) is 18.5. The summed E-state index contributed by atoms with van der Waals surface area (Å²) in [6.07, 6.45) is -1.22. The number of ether oxygens (including phenoxy) is 1. The molecular weight excluding hydrogens is 720 g/mol. The molecule has 0 bridgehead atoms. The van der Waals surface area contributed by atoms with Crippen molar-refractivity contribution in [1.29, 1.82) is 5.26 Å². The molecule has 288 valence electrons. The van der Waals surface area contributed by atoms with E-state index in [9.17, 15) is 32.3 Å². The zero-order valence-electron chi connectivity index (χ0n) is 30.0. The summed E-state index contributed by atoms with van der Waals surface area (Å²) in [5.74, 6) is -2.14. The fourth-order valence-electron chi connectivity index (χ4n) is 7.93. The van der Waals surface area contributed by atoms with Crippen molar-refractivity contribution in [2.75, 3.05) is 62.2 Å². The zero-order chi connectivity index (χ0) is 38.9. The number of piperidine rings is 2. The number of unbranched alkanes of at least 4 members (excludes halogenated alkanes) is 1. The highest BCUT2D eigenvalue weighted by atomic mass is 19.4. The van der Waals surface area contributed by atoms with Gasteiger partial charge in [0.1, 0.15) is 17.6 Å². The molecule has 3 aromatic carbocycles. The van der Waals surface area contributed by atoms with Crippen LogP contribution in [0.5, 0.6) is 5.75 Å². The summed E-state index contributed by atoms with van der Waals surface area (Å²) in [5.41, 5.74) is 0.568. The highest BCUT2D eigenvalue weighted by Crippen LogP contribution is 2.37. The van der Waals surface area contributed by atoms with Crippen LogP contribution < -0.4 is 19.9 Å². The predicted molar refractivity (Wildman–Crippen MR) is 193 cm³/mol. The van der Waals surface area contributed by atoms with E-state index in [4.69, 9.17) is 10.00 Å². The van der Waals surface area contributed by atoms with Gasteiger partial charge in [0.25, 0.3) is 11.8 Å². The monoisotopic (exact) mass is 760 g/mol. The second-order valence-corrected chi connectivity index (χ2v) is 14.4. The Hall–Kier alpha value is -5.49. The van der Waals surface area contributed by atoms with Crippen LogP contribution in [-0.4, -0.2) is 91.9 Å². The lowest BCUT2D eigenvalue weighted by molar-refractivity contribution is -0.138. The smallest absolute Gasteiger partial charge is 0.417 e. The molecule has 1 N–H and O–H groups in total. The molecule has 0 saturated carbocycles. The molecule has 3 fully saturated rings. The summed E-state index contributed by atoms with van der Waals surface area (Å²) in [4.78, 5) is 57.1. The average molecular weight is 761 g/mol. The minimum absolute atomic E-state index is 0.00594. The summed E-state index contributed by atoms with van der Waals surface area (Å²) in [6.45, 7) is 5.06. The Bertz CT molecular complexity index is 2020. The first-order valence-corrected chi connectivity index (χ1v) is 18.5. The number of hydrogen-bond acceptors (Lipinski definition) is 9. The first kappa shape index (κ1) is 37.8. The molecule has 0 aromatic heterocycles. The average Bonchev–Trinajstić information content (AvgIpc) is 3.41. The van der Waals surface area contributed by atoms with Crippen molar-refractivity contribution in [2.45, 2.75) is 56.7 Å². The number of benzene rings is 3. The number of nitrogens with one attached hydrogen (secondary N) is 1. The molecule has 1 unspecified atom stereocenters. The molecule has 4 aliphatic rings. The zero-order valence-corrected chi connectivity index (χ0v) is 30.0. The van der Waals surface area contributed by atoms with E-state index in [-0.39, 0.29) is 41.1 Å². The number of carbonyl (C=O) groups is 4. The molecular formula is C40H40F4N6O5. The molecule has 4 aliphatic heterocycles. The third kappa shape index (κ3) is 8.00. The lowest BCUT2D eigenvalue weighted by Crippen LogP contribution is -2.54. The molecule has 0 radical (unpaired) electrons. The molecule has 4 amide bonds. The fourth-order valence-corrected chi connectivity index (χ4v) is 7.93. The van der Waals surface area contributed by atoms with Crippen LogP contribution in [0.4, 0.5) is 28.9 Å². The Labute approximate surface area is 315 Å². The van der Waals surface area contributed by atoms with E-state index in [1.54, 1.807) is 12.1 Å². The lowest BCUT2D eigenvalue weighted by Gasteiger charge is -2.36. The molecule has 4 heterocycles. The second kappa shape index (κ2) is 15.7. The van der Waals surface area contributed by atoms with E-state index in [0.717, 1.165) is 60.6 Å². The minimum Gasteiger partial charge on any atom is -0.494 e. The van der Waals surface area contributed by atoms with E-state index in [2.05, 4.69) is 10.2 Å². The van der Waals surface area contributed by atoms with Gasteiger partial charge in [-0.15, -0.1) is 0 Å². The maximum absolute atomic E-state index is 15.3. The van der Waals surface area contributed by atoms with Crippen LogP contribution in [0.15, 0.2) is 54.6 Å². The molecule has 55 heavy (non-hydrogen) atoms. The first-order chi connectivity index (χ1) is 26.4. The van der Waals surface area contributed by atoms with E-state index in [1.807, 2.05) is 34.1 Å². The van der Waals surface area contributed by atoms with Gasteiger partial charge in [-0.25, -0.2) is 4.39 Å². The van der Waals surface area contributed by atoms with Gasteiger partial charge in [0.05, 0.1) is 40.6 Å². The molecule has 7 rings (SSSR count). The molecule has 11 nitrogen and oxygen atoms in total. The molecule has 3 saturated heterocycles. The molecule has 3 aromatic rings. The van der Waals surface area contributed by atoms with E-state index >= 15 is 4.39 Å². The number of nitriles is 1. The number of alkyl halides is 3. The third-order valence-corrected chi connectivity index (χ3v) is 11.0. The molecule has 1 atom stereocenters. The lowest BCUT2D eigenvalue weighted by atomic mass is 9.89. The number of halogens is 4. The van der Waals surface area contributed by atoms with Crippen molar-refractivity contribution in [3.63, 3.8) is 0 Å². The maximum Gasteiger partial charge on any atom is 0.417 e. The van der Waals surface area contributed by atoms with Crippen LogP contribution in [-0.2, 0) is 15.8 Å². The largest absolute Gasteiger partial charge is 0.494 e. The van der Waals surface area contributed by atoms with Gasteiger partial charge < -0.3 is 14.5 Å². The standard InChI is InChI=1S/C40H40F4N6O5/c41-33-22-30-31(39(54)50(38(30)53)34-9-10-36(51)46-37(34)52)23-35(33)49-18-16-47(17-19-49)13-1-2-20-55-29-7-4-25(5-8-29)26-11-14-48(15-12-26)28-6-3-27(24-45)32(21-28)40(42,43)44/h3-8,21-23,26,34H,1-2,9-20H2,(H,46,51,52). The van der Waals surface area contributed by atoms with Crippen molar-refractivity contribution in [1.82, 2.24) is 15.1 Å². The second-order valence-electron chi connectivity index (χ2n) is 14.4. The van der Waals surface area contributed by atoms with Gasteiger partial charge in [-0.1, -0.05) is 12.1 Å². The van der Waals surface area contributed by atoms with Gasteiger partial charge in [0.15, 0.2) is 0 Å². The van der Waals surface area contributed by atoms with E-state index < -0.39 is 47.2 Å². The van der Waals surface area contributed by atoms with Crippen LogP contribution in [0.1, 0.15) is 81.8 Å². The summed E-state index contributed by atoms with van der Waals surface area (Å²) in [6, 6.07) is 14.9. The van der Waals surface area contributed by atoms with Crippen molar-refractivity contribution in [3.05, 3.63) is 88.2 Å². The number of piperazine rings is 1. The molecule has 0 spiro atoms. The Balaban J connectivity index is 0.824. The van der Waals surface area contributed by atoms with Gasteiger partial charge in [-0.2, -0.15) is 18.4 Å². The normalized spacial score (nSPS) is 19.8. The van der Waals surface area contributed by atoms with Gasteiger partial charge >= 0.3 is 6.18 Å². The van der Waals surface area contributed by atoms with Crippen molar-refractivity contribution >= 4 is 35.0 Å². The summed E-state index contributed by atoms with van der Waals surface area (Å²) >= 11 is 0. The van der Waals surface area contributed by atoms with E-state index in [0.29, 0.717) is 51.6 Å². The SMILES string of the molecule is N#Cc1ccc(N2CCC(c3ccc(OCCCCN4CCN(c5cc6c(cc5F)C(=O)N(C5CCC(=O)NC5=O)C6=O)CC4)cc3)CC2)cc1C(F)(F)F. The fraction of sp³-hybridized carbons (Fsp3) is 0.425. The highest BCUT2D eigenvalue weighted by molar-refractivity contribution is 6.23.